The zero-order valence-corrected chi connectivity index (χ0v) is 9.77. The van der Waals surface area contributed by atoms with Crippen LogP contribution in [0.25, 0.3) is 0 Å². The van der Waals surface area contributed by atoms with E-state index in [1.807, 2.05) is 0 Å². The summed E-state index contributed by atoms with van der Waals surface area (Å²) in [6.45, 7) is 0.0954. The molecule has 0 saturated heterocycles. The minimum Gasteiger partial charge on any atom is -0.489 e. The largest absolute Gasteiger partial charge is 0.489 e. The van der Waals surface area contributed by atoms with E-state index < -0.39 is 0 Å². The molecule has 0 radical (unpaired) electrons. The van der Waals surface area contributed by atoms with E-state index in [0.717, 1.165) is 5.56 Å². The molecule has 3 nitrogen and oxygen atoms in total. The van der Waals surface area contributed by atoms with Gasteiger partial charge in [0.15, 0.2) is 0 Å². The first-order valence-corrected chi connectivity index (χ1v) is 5.55. The molecule has 0 aliphatic carbocycles. The predicted octanol–water partition coefficient (Wildman–Crippen LogP) is 2.48. The van der Waals surface area contributed by atoms with Crippen LogP contribution in [0.4, 0.5) is 10.1 Å². The second kappa shape index (κ2) is 5.51. The molecule has 0 atom stereocenters. The number of anilines is 1. The minimum atomic E-state index is -0.296. The van der Waals surface area contributed by atoms with Crippen LogP contribution in [0, 0.1) is 5.82 Å². The molecule has 0 aliphatic rings. The lowest BCUT2D eigenvalue weighted by atomic mass is 10.2. The number of halogens is 1. The summed E-state index contributed by atoms with van der Waals surface area (Å²) in [6.07, 6.45) is 0. The lowest BCUT2D eigenvalue weighted by Gasteiger charge is -2.10. The van der Waals surface area contributed by atoms with Gasteiger partial charge in [0.1, 0.15) is 18.2 Å². The average Bonchev–Trinajstić information content (AvgIpc) is 2.37. The molecule has 0 aliphatic heterocycles. The summed E-state index contributed by atoms with van der Waals surface area (Å²) in [4.78, 5) is 0. The van der Waals surface area contributed by atoms with Crippen LogP contribution in [-0.4, -0.2) is 5.11 Å². The van der Waals surface area contributed by atoms with Crippen LogP contribution in [0.15, 0.2) is 42.5 Å². The number of benzene rings is 2. The molecule has 0 saturated carbocycles. The van der Waals surface area contributed by atoms with Gasteiger partial charge in [-0.1, -0.05) is 12.1 Å². The van der Waals surface area contributed by atoms with Gasteiger partial charge in [-0.15, -0.1) is 0 Å². The zero-order chi connectivity index (χ0) is 13.0. The summed E-state index contributed by atoms with van der Waals surface area (Å²) < 4.78 is 18.5. The number of nitrogen functional groups attached to an aromatic ring is 1. The van der Waals surface area contributed by atoms with Crippen LogP contribution in [0.2, 0.25) is 0 Å². The SMILES string of the molecule is Nc1ccc(OCc2cccc(F)c2)c(CO)c1. The highest BCUT2D eigenvalue weighted by atomic mass is 19.1. The number of ether oxygens (including phenoxy) is 1. The first-order valence-electron chi connectivity index (χ1n) is 5.55. The molecule has 2 rings (SSSR count). The van der Waals surface area contributed by atoms with Crippen molar-refractivity contribution in [1.82, 2.24) is 0 Å². The molecule has 0 fully saturated rings. The van der Waals surface area contributed by atoms with Crippen molar-refractivity contribution >= 4 is 5.69 Å². The van der Waals surface area contributed by atoms with Crippen molar-refractivity contribution < 1.29 is 14.2 Å². The fourth-order valence-corrected chi connectivity index (χ4v) is 1.65. The van der Waals surface area contributed by atoms with Gasteiger partial charge in [0.05, 0.1) is 6.61 Å². The normalized spacial score (nSPS) is 10.3. The highest BCUT2D eigenvalue weighted by Crippen LogP contribution is 2.22. The molecule has 3 N–H and O–H groups in total. The highest BCUT2D eigenvalue weighted by Gasteiger charge is 2.04. The topological polar surface area (TPSA) is 55.5 Å². The summed E-state index contributed by atoms with van der Waals surface area (Å²) >= 11 is 0. The quantitative estimate of drug-likeness (QED) is 0.816. The van der Waals surface area contributed by atoms with Crippen LogP contribution in [0.3, 0.4) is 0 Å². The molecule has 18 heavy (non-hydrogen) atoms. The molecular formula is C14H14FNO2. The third-order valence-corrected chi connectivity index (χ3v) is 2.54. The van der Waals surface area contributed by atoms with Crippen LogP contribution >= 0.6 is 0 Å². The van der Waals surface area contributed by atoms with Gasteiger partial charge in [0, 0.05) is 11.3 Å². The number of rotatable bonds is 4. The van der Waals surface area contributed by atoms with Crippen LogP contribution in [-0.2, 0) is 13.2 Å². The Balaban J connectivity index is 2.10. The Labute approximate surface area is 105 Å². The monoisotopic (exact) mass is 247 g/mol. The maximum absolute atomic E-state index is 13.0. The number of hydrogen-bond donors (Lipinski definition) is 2. The molecule has 2 aromatic carbocycles. The lowest BCUT2D eigenvalue weighted by molar-refractivity contribution is 0.259. The van der Waals surface area contributed by atoms with E-state index in [1.54, 1.807) is 30.3 Å². The number of hydrogen-bond acceptors (Lipinski definition) is 3. The van der Waals surface area contributed by atoms with Crippen LogP contribution in [0.1, 0.15) is 11.1 Å². The van der Waals surface area contributed by atoms with Crippen LogP contribution < -0.4 is 10.5 Å². The van der Waals surface area contributed by atoms with Gasteiger partial charge in [-0.25, -0.2) is 4.39 Å². The zero-order valence-electron chi connectivity index (χ0n) is 9.77. The van der Waals surface area contributed by atoms with Gasteiger partial charge in [-0.05, 0) is 35.9 Å². The number of nitrogens with two attached hydrogens (primary N) is 1. The molecule has 2 aromatic rings. The van der Waals surface area contributed by atoms with Crippen molar-refractivity contribution in [1.29, 1.82) is 0 Å². The first kappa shape index (κ1) is 12.4. The summed E-state index contributed by atoms with van der Waals surface area (Å²) in [6, 6.07) is 11.2. The fourth-order valence-electron chi connectivity index (χ4n) is 1.65. The van der Waals surface area contributed by atoms with E-state index in [0.29, 0.717) is 17.0 Å². The molecular weight excluding hydrogens is 233 g/mol. The van der Waals surface area contributed by atoms with Crippen molar-refractivity contribution in [3.8, 4) is 5.75 Å². The summed E-state index contributed by atoms with van der Waals surface area (Å²) in [5.41, 5.74) is 7.53. The molecule has 0 amide bonds. The lowest BCUT2D eigenvalue weighted by Crippen LogP contribution is -2.00. The molecule has 0 aromatic heterocycles. The average molecular weight is 247 g/mol. The third-order valence-electron chi connectivity index (χ3n) is 2.54. The summed E-state index contributed by atoms with van der Waals surface area (Å²) in [5, 5.41) is 9.19. The van der Waals surface area contributed by atoms with E-state index in [1.165, 1.54) is 12.1 Å². The van der Waals surface area contributed by atoms with E-state index in [9.17, 15) is 9.50 Å². The maximum atomic E-state index is 13.0. The predicted molar refractivity (Wildman–Crippen MR) is 67.5 cm³/mol. The van der Waals surface area contributed by atoms with E-state index >= 15 is 0 Å². The molecule has 0 unspecified atom stereocenters. The number of aliphatic hydroxyl groups excluding tert-OH is 1. The van der Waals surface area contributed by atoms with E-state index in [4.69, 9.17) is 10.5 Å². The van der Waals surface area contributed by atoms with Crippen molar-refractivity contribution in [3.05, 3.63) is 59.4 Å². The van der Waals surface area contributed by atoms with Gasteiger partial charge >= 0.3 is 0 Å². The van der Waals surface area contributed by atoms with E-state index in [2.05, 4.69) is 0 Å². The Hall–Kier alpha value is -2.07. The Kier molecular flexibility index (Phi) is 3.79. The molecule has 0 bridgehead atoms. The van der Waals surface area contributed by atoms with Crippen molar-refractivity contribution in [3.63, 3.8) is 0 Å². The van der Waals surface area contributed by atoms with E-state index in [-0.39, 0.29) is 19.0 Å². The van der Waals surface area contributed by atoms with Crippen molar-refractivity contribution in [2.24, 2.45) is 0 Å². The molecule has 0 heterocycles. The third kappa shape index (κ3) is 2.99. The van der Waals surface area contributed by atoms with Gasteiger partial charge in [-0.3, -0.25) is 0 Å². The summed E-state index contributed by atoms with van der Waals surface area (Å²) in [5.74, 6) is 0.256. The number of aliphatic hydroxyl groups is 1. The van der Waals surface area contributed by atoms with Crippen molar-refractivity contribution in [2.75, 3.05) is 5.73 Å². The Morgan fingerprint density at radius 1 is 1.17 bits per heavy atom. The second-order valence-corrected chi connectivity index (χ2v) is 3.94. The standard InChI is InChI=1S/C14H14FNO2/c15-12-3-1-2-10(6-12)9-18-14-5-4-13(16)7-11(14)8-17/h1-7,17H,8-9,16H2. The van der Waals surface area contributed by atoms with Gasteiger partial charge < -0.3 is 15.6 Å². The second-order valence-electron chi connectivity index (χ2n) is 3.94. The summed E-state index contributed by atoms with van der Waals surface area (Å²) in [7, 11) is 0. The van der Waals surface area contributed by atoms with Gasteiger partial charge in [0.2, 0.25) is 0 Å². The minimum absolute atomic E-state index is 0.149. The van der Waals surface area contributed by atoms with Gasteiger partial charge in [-0.2, -0.15) is 0 Å². The smallest absolute Gasteiger partial charge is 0.125 e. The Morgan fingerprint density at radius 3 is 2.72 bits per heavy atom. The Morgan fingerprint density at radius 2 is 2.00 bits per heavy atom. The molecule has 94 valence electrons. The Bertz CT molecular complexity index is 543. The van der Waals surface area contributed by atoms with Crippen molar-refractivity contribution in [2.45, 2.75) is 13.2 Å². The van der Waals surface area contributed by atoms with Crippen LogP contribution in [0.5, 0.6) is 5.75 Å². The molecule has 4 heteroatoms. The molecule has 0 spiro atoms. The fraction of sp³-hybridized carbons (Fsp3) is 0.143. The highest BCUT2D eigenvalue weighted by molar-refractivity contribution is 5.47. The van der Waals surface area contributed by atoms with Gasteiger partial charge in [0.25, 0.3) is 0 Å². The maximum Gasteiger partial charge on any atom is 0.125 e. The first-order chi connectivity index (χ1) is 8.69.